The molecule has 0 saturated carbocycles. The highest BCUT2D eigenvalue weighted by molar-refractivity contribution is 7.87. The van der Waals surface area contributed by atoms with E-state index in [1.54, 1.807) is 0 Å². The number of rotatable bonds is 4. The highest BCUT2D eigenvalue weighted by atomic mass is 32.2. The van der Waals surface area contributed by atoms with E-state index in [1.807, 2.05) is 0 Å². The van der Waals surface area contributed by atoms with Gasteiger partial charge in [0.25, 0.3) is 10.2 Å². The lowest BCUT2D eigenvalue weighted by Gasteiger charge is -2.37. The molecule has 5 nitrogen and oxygen atoms in total. The largest absolute Gasteiger partial charge is 0.402 e. The Labute approximate surface area is 85.6 Å². The van der Waals surface area contributed by atoms with E-state index in [2.05, 4.69) is 0 Å². The van der Waals surface area contributed by atoms with Crippen LogP contribution < -0.4 is 10.5 Å². The molecule has 0 spiro atoms. The Kier molecular flexibility index (Phi) is 3.59. The van der Waals surface area contributed by atoms with Crippen LogP contribution in [0.15, 0.2) is 0 Å². The van der Waals surface area contributed by atoms with E-state index in [9.17, 15) is 21.6 Å². The van der Waals surface area contributed by atoms with E-state index in [0.29, 0.717) is 6.54 Å². The fourth-order valence-electron chi connectivity index (χ4n) is 1.13. The Morgan fingerprint density at radius 3 is 2.33 bits per heavy atom. The van der Waals surface area contributed by atoms with Crippen molar-refractivity contribution in [2.24, 2.45) is 11.7 Å². The van der Waals surface area contributed by atoms with Crippen LogP contribution in [0.25, 0.3) is 0 Å². The molecule has 1 heterocycles. The predicted octanol–water partition coefficient (Wildman–Crippen LogP) is -0.726. The van der Waals surface area contributed by atoms with E-state index >= 15 is 0 Å². The van der Waals surface area contributed by atoms with Crippen LogP contribution in [0.1, 0.15) is 0 Å². The summed E-state index contributed by atoms with van der Waals surface area (Å²) in [5, 5.41) is 0. The summed E-state index contributed by atoms with van der Waals surface area (Å²) in [7, 11) is -3.99. The van der Waals surface area contributed by atoms with E-state index in [4.69, 9.17) is 5.73 Å². The van der Waals surface area contributed by atoms with Gasteiger partial charge in [0.1, 0.15) is 6.54 Å². The first-order valence-corrected chi connectivity index (χ1v) is 5.70. The number of hydrogen-bond donors (Lipinski definition) is 2. The molecule has 0 atom stereocenters. The molecule has 9 heteroatoms. The van der Waals surface area contributed by atoms with Gasteiger partial charge < -0.3 is 5.73 Å². The molecule has 0 aromatic rings. The van der Waals surface area contributed by atoms with Crippen LogP contribution in [0.5, 0.6) is 0 Å². The van der Waals surface area contributed by atoms with Crippen LogP contribution in [0.3, 0.4) is 0 Å². The summed E-state index contributed by atoms with van der Waals surface area (Å²) in [5.41, 5.74) is 5.26. The second kappa shape index (κ2) is 4.24. The van der Waals surface area contributed by atoms with Crippen LogP contribution in [0.2, 0.25) is 0 Å². The smallest absolute Gasteiger partial charge is 0.330 e. The average molecular weight is 247 g/mol. The van der Waals surface area contributed by atoms with E-state index in [0.717, 1.165) is 4.31 Å². The molecule has 0 aromatic heterocycles. The quantitative estimate of drug-likeness (QED) is 0.688. The lowest BCUT2D eigenvalue weighted by atomic mass is 10.0. The molecular formula is C6H12F3N3O2S. The van der Waals surface area contributed by atoms with Crippen molar-refractivity contribution in [2.45, 2.75) is 6.18 Å². The molecule has 3 N–H and O–H groups in total. The van der Waals surface area contributed by atoms with Gasteiger partial charge >= 0.3 is 6.18 Å². The summed E-state index contributed by atoms with van der Waals surface area (Å²) in [6, 6.07) is 0. The normalized spacial score (nSPS) is 20.3. The second-order valence-electron chi connectivity index (χ2n) is 3.36. The highest BCUT2D eigenvalue weighted by Crippen LogP contribution is 2.18. The Morgan fingerprint density at radius 1 is 1.40 bits per heavy atom. The van der Waals surface area contributed by atoms with Gasteiger partial charge in [-0.3, -0.25) is 0 Å². The van der Waals surface area contributed by atoms with Gasteiger partial charge in [-0.1, -0.05) is 0 Å². The second-order valence-corrected chi connectivity index (χ2v) is 5.12. The molecule has 0 unspecified atom stereocenters. The number of nitrogens with one attached hydrogen (secondary N) is 1. The Bertz CT molecular complexity index is 310. The highest BCUT2D eigenvalue weighted by Gasteiger charge is 2.37. The number of hydrogen-bond acceptors (Lipinski definition) is 3. The van der Waals surface area contributed by atoms with Crippen LogP contribution in [0.4, 0.5) is 13.2 Å². The molecule has 1 fully saturated rings. The van der Waals surface area contributed by atoms with Gasteiger partial charge in [0, 0.05) is 13.1 Å². The summed E-state index contributed by atoms with van der Waals surface area (Å²) < 4.78 is 60.1. The van der Waals surface area contributed by atoms with Gasteiger partial charge in [0.2, 0.25) is 0 Å². The van der Waals surface area contributed by atoms with Crippen LogP contribution in [-0.4, -0.2) is 45.1 Å². The third-order valence-electron chi connectivity index (χ3n) is 2.05. The fourth-order valence-corrected chi connectivity index (χ4v) is 2.47. The summed E-state index contributed by atoms with van der Waals surface area (Å²) in [5.74, 6) is 0.0486. The molecule has 0 radical (unpaired) electrons. The zero-order valence-corrected chi connectivity index (χ0v) is 8.61. The summed E-state index contributed by atoms with van der Waals surface area (Å²) in [6.45, 7) is -0.836. The van der Waals surface area contributed by atoms with Crippen molar-refractivity contribution in [3.8, 4) is 0 Å². The Hall–Kier alpha value is -0.380. The number of alkyl halides is 3. The van der Waals surface area contributed by atoms with Crippen molar-refractivity contribution in [1.82, 2.24) is 9.03 Å². The third kappa shape index (κ3) is 3.59. The SMILES string of the molecule is NCC1CN(S(=O)(=O)NCC(F)(F)F)C1. The molecule has 1 aliphatic rings. The zero-order valence-electron chi connectivity index (χ0n) is 7.79. The summed E-state index contributed by atoms with van der Waals surface area (Å²) in [6.07, 6.45) is -4.54. The molecule has 0 bridgehead atoms. The van der Waals surface area contributed by atoms with Gasteiger partial charge in [-0.2, -0.15) is 30.6 Å². The topological polar surface area (TPSA) is 75.4 Å². The molecule has 15 heavy (non-hydrogen) atoms. The fraction of sp³-hybridized carbons (Fsp3) is 1.00. The molecule has 0 amide bonds. The van der Waals surface area contributed by atoms with Crippen molar-refractivity contribution in [3.63, 3.8) is 0 Å². The van der Waals surface area contributed by atoms with Crippen LogP contribution in [0, 0.1) is 5.92 Å². The molecule has 1 saturated heterocycles. The first-order valence-electron chi connectivity index (χ1n) is 4.26. The predicted molar refractivity (Wildman–Crippen MR) is 47.1 cm³/mol. The molecular weight excluding hydrogens is 235 g/mol. The summed E-state index contributed by atoms with van der Waals surface area (Å²) in [4.78, 5) is 0. The van der Waals surface area contributed by atoms with Gasteiger partial charge in [-0.05, 0) is 12.5 Å². The Morgan fingerprint density at radius 2 is 1.93 bits per heavy atom. The van der Waals surface area contributed by atoms with Gasteiger partial charge in [-0.25, -0.2) is 0 Å². The minimum atomic E-state index is -4.54. The maximum atomic E-state index is 11.7. The molecule has 90 valence electrons. The molecule has 0 aliphatic carbocycles. The minimum Gasteiger partial charge on any atom is -0.330 e. The van der Waals surface area contributed by atoms with Crippen molar-refractivity contribution in [2.75, 3.05) is 26.2 Å². The lowest BCUT2D eigenvalue weighted by molar-refractivity contribution is -0.121. The van der Waals surface area contributed by atoms with E-state index < -0.39 is 22.9 Å². The van der Waals surface area contributed by atoms with E-state index in [1.165, 1.54) is 4.72 Å². The van der Waals surface area contributed by atoms with Crippen molar-refractivity contribution < 1.29 is 21.6 Å². The first kappa shape index (κ1) is 12.7. The zero-order chi connectivity index (χ0) is 11.7. The molecule has 1 aliphatic heterocycles. The van der Waals surface area contributed by atoms with Gasteiger partial charge in [0.05, 0.1) is 0 Å². The van der Waals surface area contributed by atoms with E-state index in [-0.39, 0.29) is 19.0 Å². The third-order valence-corrected chi connectivity index (χ3v) is 3.54. The number of halogens is 3. The minimum absolute atomic E-state index is 0.0486. The Balaban J connectivity index is 2.41. The van der Waals surface area contributed by atoms with Gasteiger partial charge in [0.15, 0.2) is 0 Å². The van der Waals surface area contributed by atoms with Crippen LogP contribution in [-0.2, 0) is 10.2 Å². The van der Waals surface area contributed by atoms with Crippen molar-refractivity contribution in [1.29, 1.82) is 0 Å². The molecule has 0 aromatic carbocycles. The summed E-state index contributed by atoms with van der Waals surface area (Å²) >= 11 is 0. The first-order chi connectivity index (χ1) is 6.74. The number of nitrogens with zero attached hydrogens (tertiary/aromatic N) is 1. The molecule has 1 rings (SSSR count). The number of nitrogens with two attached hydrogens (primary N) is 1. The lowest BCUT2D eigenvalue weighted by Crippen LogP contribution is -2.56. The maximum Gasteiger partial charge on any atom is 0.402 e. The standard InChI is InChI=1S/C6H12F3N3O2S/c7-6(8,9)4-11-15(13,14)12-2-5(1-10)3-12/h5,11H,1-4,10H2. The average Bonchev–Trinajstić information content (AvgIpc) is 1.97. The van der Waals surface area contributed by atoms with Crippen molar-refractivity contribution in [3.05, 3.63) is 0 Å². The van der Waals surface area contributed by atoms with Gasteiger partial charge in [-0.15, -0.1) is 0 Å². The monoisotopic (exact) mass is 247 g/mol. The van der Waals surface area contributed by atoms with Crippen LogP contribution >= 0.6 is 0 Å². The maximum absolute atomic E-state index is 11.7. The van der Waals surface area contributed by atoms with Crippen molar-refractivity contribution >= 4 is 10.2 Å².